The zero-order valence-corrected chi connectivity index (χ0v) is 11.5. The van der Waals surface area contributed by atoms with Gasteiger partial charge in [-0.05, 0) is 31.6 Å². The number of ether oxygens (including phenoxy) is 1. The van der Waals surface area contributed by atoms with E-state index in [2.05, 4.69) is 14.9 Å². The van der Waals surface area contributed by atoms with Crippen molar-refractivity contribution in [2.45, 2.75) is 44.2 Å². The Morgan fingerprint density at radius 1 is 1.40 bits per heavy atom. The normalized spacial score (nSPS) is 28.4. The Bertz CT molecular complexity index is 494. The molecule has 2 atom stereocenters. The van der Waals surface area contributed by atoms with Crippen molar-refractivity contribution in [2.24, 2.45) is 5.92 Å². The van der Waals surface area contributed by atoms with Gasteiger partial charge in [0.2, 0.25) is 5.88 Å². The predicted molar refractivity (Wildman–Crippen MR) is 72.8 cm³/mol. The molecule has 0 spiro atoms. The summed E-state index contributed by atoms with van der Waals surface area (Å²) in [7, 11) is 1.58. The number of nitrogens with zero attached hydrogens (tertiary/aromatic N) is 3. The minimum absolute atomic E-state index is 0.282. The van der Waals surface area contributed by atoms with Crippen molar-refractivity contribution in [1.82, 2.24) is 9.97 Å². The van der Waals surface area contributed by atoms with Crippen LogP contribution in [0.25, 0.3) is 0 Å². The molecule has 2 aliphatic heterocycles. The Morgan fingerprint density at radius 3 is 2.70 bits per heavy atom. The van der Waals surface area contributed by atoms with E-state index in [1.54, 1.807) is 19.5 Å². The highest BCUT2D eigenvalue weighted by Crippen LogP contribution is 2.42. The van der Waals surface area contributed by atoms with E-state index < -0.39 is 5.97 Å². The molecule has 2 bridgehead atoms. The molecule has 0 aliphatic carbocycles. The summed E-state index contributed by atoms with van der Waals surface area (Å²) < 4.78 is 5.13. The monoisotopic (exact) mass is 277 g/mol. The number of rotatable bonds is 4. The van der Waals surface area contributed by atoms with Crippen LogP contribution in [0.4, 0.5) is 5.82 Å². The van der Waals surface area contributed by atoms with Gasteiger partial charge in [0.05, 0.1) is 19.5 Å². The average molecular weight is 277 g/mol. The highest BCUT2D eigenvalue weighted by molar-refractivity contribution is 5.67. The van der Waals surface area contributed by atoms with Crippen LogP contribution in [0.15, 0.2) is 12.4 Å². The van der Waals surface area contributed by atoms with Crippen LogP contribution in [0.1, 0.15) is 32.1 Å². The second-order valence-corrected chi connectivity index (χ2v) is 5.65. The Kier molecular flexibility index (Phi) is 3.46. The highest BCUT2D eigenvalue weighted by Gasteiger charge is 2.41. The first-order valence-electron chi connectivity index (χ1n) is 7.03. The molecule has 0 radical (unpaired) electrons. The lowest BCUT2D eigenvalue weighted by Gasteiger charge is -2.39. The van der Waals surface area contributed by atoms with E-state index in [0.29, 0.717) is 23.9 Å². The van der Waals surface area contributed by atoms with Crippen LogP contribution >= 0.6 is 0 Å². The third-order valence-electron chi connectivity index (χ3n) is 4.37. The first kappa shape index (κ1) is 13.1. The van der Waals surface area contributed by atoms with Gasteiger partial charge < -0.3 is 14.7 Å². The lowest BCUT2D eigenvalue weighted by molar-refractivity contribution is -0.138. The second-order valence-electron chi connectivity index (χ2n) is 5.65. The summed E-state index contributed by atoms with van der Waals surface area (Å²) in [5.74, 6) is 0.976. The lowest BCUT2D eigenvalue weighted by atomic mass is 9.88. The van der Waals surface area contributed by atoms with Crippen molar-refractivity contribution in [3.05, 3.63) is 12.4 Å². The first-order valence-corrected chi connectivity index (χ1v) is 7.03. The third kappa shape index (κ3) is 2.42. The zero-order valence-electron chi connectivity index (χ0n) is 11.5. The Labute approximate surface area is 117 Å². The number of fused-ring (bicyclic) bond motifs is 2. The number of aromatic nitrogens is 2. The maximum Gasteiger partial charge on any atom is 0.303 e. The van der Waals surface area contributed by atoms with Gasteiger partial charge in [-0.15, -0.1) is 0 Å². The lowest BCUT2D eigenvalue weighted by Crippen LogP contribution is -2.44. The molecule has 1 aromatic heterocycles. The number of carboxylic acid groups (broad SMARTS) is 1. The van der Waals surface area contributed by atoms with Crippen LogP contribution in [-0.2, 0) is 4.79 Å². The van der Waals surface area contributed by atoms with Crippen LogP contribution in [0, 0.1) is 5.92 Å². The van der Waals surface area contributed by atoms with Gasteiger partial charge in [-0.25, -0.2) is 0 Å². The molecule has 0 saturated carbocycles. The van der Waals surface area contributed by atoms with Crippen LogP contribution < -0.4 is 9.64 Å². The average Bonchev–Trinajstić information content (AvgIpc) is 2.70. The van der Waals surface area contributed by atoms with Gasteiger partial charge in [-0.3, -0.25) is 9.78 Å². The molecule has 2 fully saturated rings. The Balaban J connectivity index is 1.78. The predicted octanol–water partition coefficient (Wildman–Crippen LogP) is 1.71. The molecular weight excluding hydrogens is 258 g/mol. The molecule has 2 aliphatic rings. The number of hydrogen-bond acceptors (Lipinski definition) is 5. The SMILES string of the molecule is COc1cncc(N2C3CCC2CC(CC(=O)O)C3)n1. The molecule has 3 heterocycles. The van der Waals surface area contributed by atoms with Crippen molar-refractivity contribution >= 4 is 11.8 Å². The number of hydrogen-bond donors (Lipinski definition) is 1. The number of carbonyl (C=O) groups is 1. The summed E-state index contributed by atoms with van der Waals surface area (Å²) in [4.78, 5) is 21.8. The van der Waals surface area contributed by atoms with E-state index in [-0.39, 0.29) is 6.42 Å². The second kappa shape index (κ2) is 5.26. The summed E-state index contributed by atoms with van der Waals surface area (Å²) in [6, 6.07) is 0.777. The number of carboxylic acids is 1. The van der Waals surface area contributed by atoms with Gasteiger partial charge in [0.1, 0.15) is 0 Å². The van der Waals surface area contributed by atoms with E-state index in [9.17, 15) is 4.79 Å². The molecule has 0 aromatic carbocycles. The fourth-order valence-corrected chi connectivity index (χ4v) is 3.64. The van der Waals surface area contributed by atoms with Crippen LogP contribution in [0.5, 0.6) is 5.88 Å². The Morgan fingerprint density at radius 2 is 2.10 bits per heavy atom. The van der Waals surface area contributed by atoms with E-state index in [0.717, 1.165) is 31.5 Å². The summed E-state index contributed by atoms with van der Waals surface area (Å²) in [6.45, 7) is 0. The van der Waals surface area contributed by atoms with Crippen molar-refractivity contribution in [3.8, 4) is 5.88 Å². The molecular formula is C14H19N3O3. The molecule has 20 heavy (non-hydrogen) atoms. The molecule has 6 nitrogen and oxygen atoms in total. The van der Waals surface area contributed by atoms with Crippen LogP contribution in [-0.4, -0.2) is 40.2 Å². The number of methoxy groups -OCH3 is 1. The topological polar surface area (TPSA) is 75.5 Å². The molecule has 108 valence electrons. The summed E-state index contributed by atoms with van der Waals surface area (Å²) in [5.41, 5.74) is 0. The minimum atomic E-state index is -0.691. The molecule has 1 aromatic rings. The van der Waals surface area contributed by atoms with Crippen molar-refractivity contribution in [3.63, 3.8) is 0 Å². The summed E-state index contributed by atoms with van der Waals surface area (Å²) in [5, 5.41) is 8.96. The van der Waals surface area contributed by atoms with Crippen molar-refractivity contribution in [2.75, 3.05) is 12.0 Å². The van der Waals surface area contributed by atoms with E-state index in [1.807, 2.05) is 0 Å². The fraction of sp³-hybridized carbons (Fsp3) is 0.643. The quantitative estimate of drug-likeness (QED) is 0.903. The fourth-order valence-electron chi connectivity index (χ4n) is 3.64. The standard InChI is InChI=1S/C14H19N3O3/c1-20-13-8-15-7-12(16-13)17-10-2-3-11(17)5-9(4-10)6-14(18)19/h7-11H,2-6H2,1H3,(H,18,19). The van der Waals surface area contributed by atoms with Gasteiger partial charge in [0, 0.05) is 18.5 Å². The van der Waals surface area contributed by atoms with E-state index >= 15 is 0 Å². The Hall–Kier alpha value is -1.85. The third-order valence-corrected chi connectivity index (χ3v) is 4.37. The number of anilines is 1. The van der Waals surface area contributed by atoms with Gasteiger partial charge >= 0.3 is 5.97 Å². The molecule has 2 unspecified atom stereocenters. The van der Waals surface area contributed by atoms with Crippen LogP contribution in [0.3, 0.4) is 0 Å². The molecule has 3 rings (SSSR count). The summed E-state index contributed by atoms with van der Waals surface area (Å²) >= 11 is 0. The van der Waals surface area contributed by atoms with Gasteiger partial charge in [-0.1, -0.05) is 0 Å². The van der Waals surface area contributed by atoms with Gasteiger partial charge in [-0.2, -0.15) is 4.98 Å². The molecule has 0 amide bonds. The highest BCUT2D eigenvalue weighted by atomic mass is 16.5. The van der Waals surface area contributed by atoms with Crippen LogP contribution in [0.2, 0.25) is 0 Å². The molecule has 2 saturated heterocycles. The van der Waals surface area contributed by atoms with Gasteiger partial charge in [0.15, 0.2) is 5.82 Å². The number of piperidine rings is 1. The minimum Gasteiger partial charge on any atom is -0.481 e. The van der Waals surface area contributed by atoms with E-state index in [4.69, 9.17) is 9.84 Å². The molecule has 6 heteroatoms. The van der Waals surface area contributed by atoms with Crippen molar-refractivity contribution < 1.29 is 14.6 Å². The van der Waals surface area contributed by atoms with E-state index in [1.165, 1.54) is 0 Å². The molecule has 1 N–H and O–H groups in total. The first-order chi connectivity index (χ1) is 9.67. The van der Waals surface area contributed by atoms with Crippen molar-refractivity contribution in [1.29, 1.82) is 0 Å². The number of aliphatic carboxylic acids is 1. The summed E-state index contributed by atoms with van der Waals surface area (Å²) in [6.07, 6.45) is 7.74. The maximum absolute atomic E-state index is 10.9. The van der Waals surface area contributed by atoms with Gasteiger partial charge in [0.25, 0.3) is 0 Å². The maximum atomic E-state index is 10.9. The largest absolute Gasteiger partial charge is 0.481 e. The zero-order chi connectivity index (χ0) is 14.1. The smallest absolute Gasteiger partial charge is 0.303 e.